The van der Waals surface area contributed by atoms with E-state index in [1.54, 1.807) is 0 Å². The maximum absolute atomic E-state index is 13.1. The van der Waals surface area contributed by atoms with Crippen molar-refractivity contribution in [3.05, 3.63) is 24.3 Å². The highest BCUT2D eigenvalue weighted by molar-refractivity contribution is 7.47. The molecule has 0 aliphatic carbocycles. The lowest BCUT2D eigenvalue weighted by Crippen LogP contribution is -2.30. The summed E-state index contributed by atoms with van der Waals surface area (Å²) in [4.78, 5) is 72.9. The van der Waals surface area contributed by atoms with E-state index in [1.807, 2.05) is 0 Å². The standard InChI is InChI=1S/C80H152O17P2/c1-7-10-12-14-16-18-20-22-24-25-26-27-28-30-32-36-40-44-52-58-64-79(84)96-75(68-90-77(82)62-56-50-43-39-35-31-29-23-21-19-17-15-13-11-8-2)70-94-98(86,87)92-66-74(81)67-93-99(88,89)95-71-76(69-91-78(83)63-57-51-47-46-49-55-61-73(6)9-3)97-80(85)65-59-53-45-41-37-33-34-38-42-48-54-60-72(4)5/h19,21,23,29,72-76,81H,7-18,20,22,24-28,30-71H2,1-6H3,(H,86,87)(H,88,89)/b21-19-,29-23-/t73?,74-,75-,76-/m1/s1. The molecule has 0 rings (SSSR count). The molecule has 0 spiro atoms. The quantitative estimate of drug-likeness (QED) is 0.0169. The number of rotatable bonds is 77. The van der Waals surface area contributed by atoms with Gasteiger partial charge in [-0.1, -0.05) is 342 Å². The summed E-state index contributed by atoms with van der Waals surface area (Å²) in [5.74, 6) is -0.650. The van der Waals surface area contributed by atoms with E-state index in [1.165, 1.54) is 186 Å². The van der Waals surface area contributed by atoms with Crippen molar-refractivity contribution in [2.45, 2.75) is 413 Å². The number of hydrogen-bond donors (Lipinski definition) is 3. The summed E-state index contributed by atoms with van der Waals surface area (Å²) in [5, 5.41) is 10.6. The summed E-state index contributed by atoms with van der Waals surface area (Å²) >= 11 is 0. The molecule has 19 heteroatoms. The van der Waals surface area contributed by atoms with Crippen LogP contribution in [0, 0.1) is 11.8 Å². The van der Waals surface area contributed by atoms with E-state index in [9.17, 15) is 43.2 Å². The van der Waals surface area contributed by atoms with Gasteiger partial charge in [0.05, 0.1) is 26.4 Å². The minimum absolute atomic E-state index is 0.102. The fourth-order valence-electron chi connectivity index (χ4n) is 11.8. The lowest BCUT2D eigenvalue weighted by atomic mass is 10.00. The smallest absolute Gasteiger partial charge is 0.462 e. The average Bonchev–Trinajstić information content (AvgIpc) is 2.68. The summed E-state index contributed by atoms with van der Waals surface area (Å²) in [5.41, 5.74) is 0. The number of carbonyl (C=O) groups is 4. The predicted molar refractivity (Wildman–Crippen MR) is 404 cm³/mol. The Kier molecular flexibility index (Phi) is 69.4. The Labute approximate surface area is 605 Å². The fourth-order valence-corrected chi connectivity index (χ4v) is 13.4. The van der Waals surface area contributed by atoms with E-state index in [0.29, 0.717) is 25.7 Å². The molecule has 0 radical (unpaired) electrons. The Morgan fingerprint density at radius 2 is 0.596 bits per heavy atom. The molecule has 6 atom stereocenters. The summed E-state index contributed by atoms with van der Waals surface area (Å²) in [6, 6.07) is 0. The second kappa shape index (κ2) is 71.2. The van der Waals surface area contributed by atoms with E-state index in [0.717, 1.165) is 127 Å². The van der Waals surface area contributed by atoms with Crippen LogP contribution < -0.4 is 0 Å². The van der Waals surface area contributed by atoms with E-state index in [2.05, 4.69) is 65.8 Å². The lowest BCUT2D eigenvalue weighted by molar-refractivity contribution is -0.161. The molecule has 0 aromatic rings. The SMILES string of the molecule is CCCCCC/C=C\C=C/CCCCCCCC(=O)OC[C@H](COP(=O)(O)OC[C@@H](O)COP(=O)(O)OC[C@@H](COC(=O)CCCCCCCCC(C)CC)OC(=O)CCCCCCCCCCCCCC(C)C)OC(=O)CCCCCCCCCCCCCCCCCCCCCC. The van der Waals surface area contributed by atoms with Gasteiger partial charge in [-0.3, -0.25) is 37.3 Å². The second-order valence-corrected chi connectivity index (χ2v) is 31.7. The van der Waals surface area contributed by atoms with Gasteiger partial charge < -0.3 is 33.8 Å². The van der Waals surface area contributed by atoms with Crippen LogP contribution in [0.3, 0.4) is 0 Å². The van der Waals surface area contributed by atoms with Crippen LogP contribution in [0.25, 0.3) is 0 Å². The first-order valence-corrected chi connectivity index (χ1v) is 43.8. The Balaban J connectivity index is 5.27. The van der Waals surface area contributed by atoms with Gasteiger partial charge in [-0.2, -0.15) is 0 Å². The molecule has 0 amide bonds. The summed E-state index contributed by atoms with van der Waals surface area (Å²) in [6.07, 6.45) is 63.3. The van der Waals surface area contributed by atoms with E-state index in [-0.39, 0.29) is 25.7 Å². The van der Waals surface area contributed by atoms with Gasteiger partial charge in [0.15, 0.2) is 12.2 Å². The van der Waals surface area contributed by atoms with Crippen LogP contribution in [0.1, 0.15) is 395 Å². The molecule has 0 saturated heterocycles. The van der Waals surface area contributed by atoms with Crippen LogP contribution in [0.4, 0.5) is 0 Å². The van der Waals surface area contributed by atoms with Crippen LogP contribution in [-0.4, -0.2) is 96.7 Å². The van der Waals surface area contributed by atoms with Crippen molar-refractivity contribution in [2.75, 3.05) is 39.6 Å². The average molecular weight is 1450 g/mol. The lowest BCUT2D eigenvalue weighted by Gasteiger charge is -2.21. The molecule has 0 fully saturated rings. The van der Waals surface area contributed by atoms with Gasteiger partial charge in [0, 0.05) is 25.7 Å². The van der Waals surface area contributed by atoms with Crippen LogP contribution in [-0.2, 0) is 65.4 Å². The monoisotopic (exact) mass is 1450 g/mol. The molecule has 0 aromatic heterocycles. The minimum Gasteiger partial charge on any atom is -0.462 e. The molecule has 0 aromatic carbocycles. The fraction of sp³-hybridized carbons (Fsp3) is 0.900. The van der Waals surface area contributed by atoms with Crippen molar-refractivity contribution >= 4 is 39.5 Å². The van der Waals surface area contributed by atoms with Crippen molar-refractivity contribution in [1.29, 1.82) is 0 Å². The van der Waals surface area contributed by atoms with Crippen molar-refractivity contribution in [1.82, 2.24) is 0 Å². The maximum atomic E-state index is 13.1. The van der Waals surface area contributed by atoms with Crippen LogP contribution >= 0.6 is 15.6 Å². The Morgan fingerprint density at radius 3 is 0.909 bits per heavy atom. The number of unbranched alkanes of at least 4 members (excludes halogenated alkanes) is 43. The molecule has 17 nitrogen and oxygen atoms in total. The highest BCUT2D eigenvalue weighted by atomic mass is 31.2. The number of carbonyl (C=O) groups excluding carboxylic acids is 4. The molecule has 99 heavy (non-hydrogen) atoms. The minimum atomic E-state index is -4.97. The number of ether oxygens (including phenoxy) is 4. The molecule has 3 unspecified atom stereocenters. The zero-order valence-corrected chi connectivity index (χ0v) is 66.1. The number of phosphoric acid groups is 2. The largest absolute Gasteiger partial charge is 0.472 e. The molecule has 0 saturated carbocycles. The van der Waals surface area contributed by atoms with Crippen molar-refractivity contribution in [3.63, 3.8) is 0 Å². The van der Waals surface area contributed by atoms with Crippen molar-refractivity contribution in [2.24, 2.45) is 11.8 Å². The molecule has 0 bridgehead atoms. The van der Waals surface area contributed by atoms with E-state index in [4.69, 9.17) is 37.0 Å². The highest BCUT2D eigenvalue weighted by Crippen LogP contribution is 2.45. The Hall–Kier alpha value is -2.46. The first-order chi connectivity index (χ1) is 47.9. The first kappa shape index (κ1) is 96.5. The Bertz CT molecular complexity index is 2000. The van der Waals surface area contributed by atoms with Crippen LogP contribution in [0.15, 0.2) is 24.3 Å². The zero-order chi connectivity index (χ0) is 72.8. The van der Waals surface area contributed by atoms with Crippen LogP contribution in [0.2, 0.25) is 0 Å². The number of hydrogen-bond acceptors (Lipinski definition) is 15. The third kappa shape index (κ3) is 72.3. The van der Waals surface area contributed by atoms with Crippen molar-refractivity contribution < 1.29 is 80.2 Å². The van der Waals surface area contributed by atoms with Gasteiger partial charge in [-0.25, -0.2) is 9.13 Å². The van der Waals surface area contributed by atoms with Gasteiger partial charge >= 0.3 is 39.5 Å². The van der Waals surface area contributed by atoms with Gasteiger partial charge in [0.25, 0.3) is 0 Å². The third-order valence-electron chi connectivity index (χ3n) is 18.4. The molecule has 0 aliphatic heterocycles. The summed E-state index contributed by atoms with van der Waals surface area (Å²) < 4.78 is 68.6. The normalized spacial score (nSPS) is 14.4. The summed E-state index contributed by atoms with van der Waals surface area (Å²) in [7, 11) is -9.93. The van der Waals surface area contributed by atoms with Gasteiger partial charge in [0.2, 0.25) is 0 Å². The van der Waals surface area contributed by atoms with E-state index < -0.39 is 97.5 Å². The van der Waals surface area contributed by atoms with Gasteiger partial charge in [-0.15, -0.1) is 0 Å². The van der Waals surface area contributed by atoms with E-state index >= 15 is 0 Å². The molecule has 0 aliphatic rings. The predicted octanol–water partition coefficient (Wildman–Crippen LogP) is 23.4. The van der Waals surface area contributed by atoms with Gasteiger partial charge in [0.1, 0.15) is 19.3 Å². The first-order valence-electron chi connectivity index (χ1n) is 40.8. The molecule has 0 heterocycles. The number of aliphatic hydroxyl groups excluding tert-OH is 1. The van der Waals surface area contributed by atoms with Crippen molar-refractivity contribution in [3.8, 4) is 0 Å². The molecular weight excluding hydrogens is 1290 g/mol. The topological polar surface area (TPSA) is 237 Å². The molecule has 3 N–H and O–H groups in total. The maximum Gasteiger partial charge on any atom is 0.472 e. The number of phosphoric ester groups is 2. The number of aliphatic hydroxyl groups is 1. The Morgan fingerprint density at radius 1 is 0.333 bits per heavy atom. The number of allylic oxidation sites excluding steroid dienone is 4. The third-order valence-corrected chi connectivity index (χ3v) is 20.3. The molecular formula is C80H152O17P2. The van der Waals surface area contributed by atoms with Gasteiger partial charge in [-0.05, 0) is 63.2 Å². The van der Waals surface area contributed by atoms with Crippen LogP contribution in [0.5, 0.6) is 0 Å². The second-order valence-electron chi connectivity index (χ2n) is 28.8. The number of esters is 4. The summed E-state index contributed by atoms with van der Waals surface area (Å²) in [6.45, 7) is 9.51. The molecule has 584 valence electrons. The zero-order valence-electron chi connectivity index (χ0n) is 64.3. The highest BCUT2D eigenvalue weighted by Gasteiger charge is 2.30.